The van der Waals surface area contributed by atoms with Crippen molar-refractivity contribution in [2.45, 2.75) is 50.2 Å². The Morgan fingerprint density at radius 3 is 3.17 bits per heavy atom. The van der Waals surface area contributed by atoms with Crippen LogP contribution in [0.15, 0.2) is 24.5 Å². The Labute approximate surface area is 109 Å². The van der Waals surface area contributed by atoms with E-state index < -0.39 is 5.60 Å². The van der Waals surface area contributed by atoms with Gasteiger partial charge in [0.1, 0.15) is 0 Å². The fraction of sp³-hybridized carbons (Fsp3) is 0.667. The molecule has 1 aromatic heterocycles. The molecular weight excluding hydrogens is 224 g/mol. The second-order valence-corrected chi connectivity index (χ2v) is 5.83. The number of aliphatic hydroxyl groups is 1. The summed E-state index contributed by atoms with van der Waals surface area (Å²) in [5.41, 5.74) is 0.862. The van der Waals surface area contributed by atoms with Gasteiger partial charge in [0.15, 0.2) is 0 Å². The third-order valence-corrected chi connectivity index (χ3v) is 4.69. The van der Waals surface area contributed by atoms with Gasteiger partial charge in [0.2, 0.25) is 0 Å². The van der Waals surface area contributed by atoms with E-state index in [1.807, 2.05) is 18.5 Å². The van der Waals surface area contributed by atoms with Crippen molar-refractivity contribution in [3.8, 4) is 0 Å². The van der Waals surface area contributed by atoms with Crippen molar-refractivity contribution in [1.29, 1.82) is 0 Å². The smallest absolute Gasteiger partial charge is 0.0702 e. The summed E-state index contributed by atoms with van der Waals surface area (Å²) in [6.45, 7) is 0.942. The molecule has 3 heteroatoms. The van der Waals surface area contributed by atoms with E-state index in [1.165, 1.54) is 18.4 Å². The van der Waals surface area contributed by atoms with Crippen molar-refractivity contribution in [2.75, 3.05) is 6.54 Å². The standard InChI is InChI=1S/C15H22N2O/c18-15-6-2-1-5-13(15)14(17-9-7-15)10-12-4-3-8-16-11-12/h3-4,8,11,13-14,17-18H,1-2,5-7,9-10H2. The Morgan fingerprint density at radius 2 is 2.33 bits per heavy atom. The molecule has 1 saturated heterocycles. The Kier molecular flexibility index (Phi) is 3.35. The van der Waals surface area contributed by atoms with E-state index in [9.17, 15) is 5.11 Å². The number of aromatic nitrogens is 1. The fourth-order valence-corrected chi connectivity index (χ4v) is 3.74. The highest BCUT2D eigenvalue weighted by atomic mass is 16.3. The van der Waals surface area contributed by atoms with Crippen molar-refractivity contribution < 1.29 is 5.11 Å². The van der Waals surface area contributed by atoms with E-state index in [0.29, 0.717) is 12.0 Å². The molecule has 2 aliphatic rings. The topological polar surface area (TPSA) is 45.2 Å². The Hall–Kier alpha value is -0.930. The predicted molar refractivity (Wildman–Crippen MR) is 71.3 cm³/mol. The van der Waals surface area contributed by atoms with Gasteiger partial charge in [0.25, 0.3) is 0 Å². The van der Waals surface area contributed by atoms with Crippen LogP contribution < -0.4 is 5.32 Å². The zero-order valence-electron chi connectivity index (χ0n) is 10.8. The van der Waals surface area contributed by atoms with E-state index in [4.69, 9.17) is 0 Å². The van der Waals surface area contributed by atoms with E-state index in [1.54, 1.807) is 0 Å². The molecule has 0 spiro atoms. The van der Waals surface area contributed by atoms with Gasteiger partial charge in [-0.25, -0.2) is 0 Å². The van der Waals surface area contributed by atoms with Crippen molar-refractivity contribution in [3.05, 3.63) is 30.1 Å². The largest absolute Gasteiger partial charge is 0.389 e. The lowest BCUT2D eigenvalue weighted by Gasteiger charge is -2.48. The molecule has 3 atom stereocenters. The number of fused-ring (bicyclic) bond motifs is 1. The number of rotatable bonds is 2. The summed E-state index contributed by atoms with van der Waals surface area (Å²) in [6, 6.07) is 4.53. The summed E-state index contributed by atoms with van der Waals surface area (Å²) in [5, 5.41) is 14.4. The molecule has 1 aliphatic heterocycles. The summed E-state index contributed by atoms with van der Waals surface area (Å²) in [6.07, 6.45) is 10.3. The van der Waals surface area contributed by atoms with Crippen LogP contribution in [0.1, 0.15) is 37.7 Å². The maximum atomic E-state index is 10.8. The number of pyridine rings is 1. The first kappa shape index (κ1) is 12.1. The molecule has 0 aromatic carbocycles. The second-order valence-electron chi connectivity index (χ2n) is 5.83. The van der Waals surface area contributed by atoms with Gasteiger partial charge in [-0.05, 0) is 43.9 Å². The van der Waals surface area contributed by atoms with Crippen LogP contribution in [0.25, 0.3) is 0 Å². The quantitative estimate of drug-likeness (QED) is 0.838. The molecule has 0 bridgehead atoms. The number of hydrogen-bond acceptors (Lipinski definition) is 3. The molecule has 2 heterocycles. The molecule has 18 heavy (non-hydrogen) atoms. The number of nitrogens with one attached hydrogen (secondary N) is 1. The van der Waals surface area contributed by atoms with Crippen LogP contribution in [0.3, 0.4) is 0 Å². The van der Waals surface area contributed by atoms with Crippen LogP contribution in [-0.2, 0) is 6.42 Å². The molecule has 1 aromatic rings. The van der Waals surface area contributed by atoms with Crippen LogP contribution >= 0.6 is 0 Å². The SMILES string of the molecule is OC12CCCCC1C(Cc1cccnc1)NCC2. The second kappa shape index (κ2) is 4.98. The molecule has 2 fully saturated rings. The van der Waals surface area contributed by atoms with Crippen molar-refractivity contribution >= 4 is 0 Å². The Morgan fingerprint density at radius 1 is 1.39 bits per heavy atom. The molecule has 1 aliphatic carbocycles. The minimum Gasteiger partial charge on any atom is -0.389 e. The van der Waals surface area contributed by atoms with Gasteiger partial charge in [-0.2, -0.15) is 0 Å². The minimum absolute atomic E-state index is 0.406. The van der Waals surface area contributed by atoms with Gasteiger partial charge in [-0.15, -0.1) is 0 Å². The molecule has 3 rings (SSSR count). The van der Waals surface area contributed by atoms with Crippen LogP contribution in [0.2, 0.25) is 0 Å². The van der Waals surface area contributed by atoms with Crippen molar-refractivity contribution in [3.63, 3.8) is 0 Å². The first-order valence-electron chi connectivity index (χ1n) is 7.13. The third kappa shape index (κ3) is 2.29. The number of nitrogens with zero attached hydrogens (tertiary/aromatic N) is 1. The Bertz CT molecular complexity index is 391. The third-order valence-electron chi connectivity index (χ3n) is 4.69. The summed E-state index contributed by atoms with van der Waals surface area (Å²) in [7, 11) is 0. The molecule has 2 N–H and O–H groups in total. The molecule has 0 amide bonds. The van der Waals surface area contributed by atoms with E-state index in [2.05, 4.69) is 16.4 Å². The molecule has 0 radical (unpaired) electrons. The predicted octanol–water partition coefficient (Wildman–Crippen LogP) is 1.91. The van der Waals surface area contributed by atoms with Crippen LogP contribution in [0, 0.1) is 5.92 Å². The first-order valence-corrected chi connectivity index (χ1v) is 7.13. The van der Waals surface area contributed by atoms with Gasteiger partial charge in [-0.1, -0.05) is 18.9 Å². The first-order chi connectivity index (χ1) is 8.78. The van der Waals surface area contributed by atoms with Crippen LogP contribution in [0.5, 0.6) is 0 Å². The lowest BCUT2D eigenvalue weighted by Crippen LogP contribution is -2.58. The number of piperidine rings is 1. The van der Waals surface area contributed by atoms with E-state index in [-0.39, 0.29) is 0 Å². The molecule has 3 unspecified atom stereocenters. The van der Waals surface area contributed by atoms with Gasteiger partial charge < -0.3 is 10.4 Å². The fourth-order valence-electron chi connectivity index (χ4n) is 3.74. The van der Waals surface area contributed by atoms with Gasteiger partial charge in [-0.3, -0.25) is 4.98 Å². The molecule has 1 saturated carbocycles. The normalized spacial score (nSPS) is 36.1. The summed E-state index contributed by atoms with van der Waals surface area (Å²) in [4.78, 5) is 4.18. The number of hydrogen-bond donors (Lipinski definition) is 2. The highest BCUT2D eigenvalue weighted by molar-refractivity contribution is 5.13. The molecule has 3 nitrogen and oxygen atoms in total. The Balaban J connectivity index is 1.75. The van der Waals surface area contributed by atoms with Gasteiger partial charge in [0, 0.05) is 24.4 Å². The van der Waals surface area contributed by atoms with Crippen molar-refractivity contribution in [1.82, 2.24) is 10.3 Å². The highest BCUT2D eigenvalue weighted by Crippen LogP contribution is 2.41. The lowest BCUT2D eigenvalue weighted by molar-refractivity contribution is -0.0850. The van der Waals surface area contributed by atoms with Crippen molar-refractivity contribution in [2.24, 2.45) is 5.92 Å². The monoisotopic (exact) mass is 246 g/mol. The zero-order valence-corrected chi connectivity index (χ0v) is 10.8. The minimum atomic E-state index is -0.406. The van der Waals surface area contributed by atoms with E-state index >= 15 is 0 Å². The highest BCUT2D eigenvalue weighted by Gasteiger charge is 2.45. The molecule has 98 valence electrons. The summed E-state index contributed by atoms with van der Waals surface area (Å²) >= 11 is 0. The van der Waals surface area contributed by atoms with Crippen LogP contribution in [-0.4, -0.2) is 28.3 Å². The average molecular weight is 246 g/mol. The average Bonchev–Trinajstić information content (AvgIpc) is 2.39. The van der Waals surface area contributed by atoms with E-state index in [0.717, 1.165) is 32.2 Å². The summed E-state index contributed by atoms with van der Waals surface area (Å²) in [5.74, 6) is 0.417. The van der Waals surface area contributed by atoms with Crippen LogP contribution in [0.4, 0.5) is 0 Å². The zero-order chi connectivity index (χ0) is 12.4. The van der Waals surface area contributed by atoms with Gasteiger partial charge >= 0.3 is 0 Å². The summed E-state index contributed by atoms with van der Waals surface area (Å²) < 4.78 is 0. The molecular formula is C15H22N2O. The van der Waals surface area contributed by atoms with Gasteiger partial charge in [0.05, 0.1) is 5.60 Å². The maximum absolute atomic E-state index is 10.8. The lowest BCUT2D eigenvalue weighted by atomic mass is 9.67. The maximum Gasteiger partial charge on any atom is 0.0702 e.